The van der Waals surface area contributed by atoms with E-state index in [0.29, 0.717) is 23.4 Å². The minimum absolute atomic E-state index is 0.0937. The quantitative estimate of drug-likeness (QED) is 0.901. The SMILES string of the molecule is O=C(NCC1CC1)c1ccc2ncccc2c1F. The first-order valence-electron chi connectivity index (χ1n) is 6.07. The van der Waals surface area contributed by atoms with E-state index < -0.39 is 5.82 Å². The molecule has 2 aromatic rings. The van der Waals surface area contributed by atoms with E-state index in [1.54, 1.807) is 24.4 Å². The van der Waals surface area contributed by atoms with E-state index in [-0.39, 0.29) is 11.5 Å². The van der Waals surface area contributed by atoms with Crippen molar-refractivity contribution in [3.8, 4) is 0 Å². The number of pyridine rings is 1. The molecule has 1 aliphatic rings. The molecule has 1 aromatic heterocycles. The highest BCUT2D eigenvalue weighted by molar-refractivity contribution is 5.98. The van der Waals surface area contributed by atoms with E-state index >= 15 is 0 Å². The molecule has 3 nitrogen and oxygen atoms in total. The normalized spacial score (nSPS) is 14.7. The smallest absolute Gasteiger partial charge is 0.254 e. The van der Waals surface area contributed by atoms with Gasteiger partial charge in [-0.05, 0) is 43.0 Å². The van der Waals surface area contributed by atoms with Crippen molar-refractivity contribution >= 4 is 16.8 Å². The van der Waals surface area contributed by atoms with Crippen LogP contribution in [0.1, 0.15) is 23.2 Å². The van der Waals surface area contributed by atoms with Crippen LogP contribution in [0.15, 0.2) is 30.5 Å². The third-order valence-electron chi connectivity index (χ3n) is 3.21. The third kappa shape index (κ3) is 2.06. The molecule has 0 spiro atoms. The second kappa shape index (κ2) is 4.37. The highest BCUT2D eigenvalue weighted by atomic mass is 19.1. The highest BCUT2D eigenvalue weighted by Crippen LogP contribution is 2.27. The molecule has 0 unspecified atom stereocenters. The fourth-order valence-corrected chi connectivity index (χ4v) is 1.95. The van der Waals surface area contributed by atoms with Crippen molar-refractivity contribution < 1.29 is 9.18 Å². The number of halogens is 1. The van der Waals surface area contributed by atoms with Gasteiger partial charge >= 0.3 is 0 Å². The fraction of sp³-hybridized carbons (Fsp3) is 0.286. The number of carbonyl (C=O) groups is 1. The summed E-state index contributed by atoms with van der Waals surface area (Å²) in [5.41, 5.74) is 0.657. The van der Waals surface area contributed by atoms with Crippen LogP contribution in [-0.4, -0.2) is 17.4 Å². The Kier molecular flexibility index (Phi) is 2.70. The number of aromatic nitrogens is 1. The van der Waals surface area contributed by atoms with Crippen LogP contribution >= 0.6 is 0 Å². The second-order valence-electron chi connectivity index (χ2n) is 4.65. The molecule has 1 N–H and O–H groups in total. The van der Waals surface area contributed by atoms with E-state index in [1.165, 1.54) is 6.07 Å². The zero-order chi connectivity index (χ0) is 12.5. The molecular weight excluding hydrogens is 231 g/mol. The van der Waals surface area contributed by atoms with Gasteiger partial charge in [0.1, 0.15) is 5.82 Å². The van der Waals surface area contributed by atoms with Gasteiger partial charge in [-0.15, -0.1) is 0 Å². The van der Waals surface area contributed by atoms with Crippen LogP contribution in [0.4, 0.5) is 4.39 Å². The second-order valence-corrected chi connectivity index (χ2v) is 4.65. The monoisotopic (exact) mass is 244 g/mol. The van der Waals surface area contributed by atoms with Gasteiger partial charge in [0, 0.05) is 18.1 Å². The van der Waals surface area contributed by atoms with Crippen LogP contribution < -0.4 is 5.32 Å². The maximum Gasteiger partial charge on any atom is 0.254 e. The molecule has 0 radical (unpaired) electrons. The van der Waals surface area contributed by atoms with Gasteiger partial charge in [0.25, 0.3) is 5.91 Å². The van der Waals surface area contributed by atoms with Crippen LogP contribution in [0.5, 0.6) is 0 Å². The molecule has 1 heterocycles. The van der Waals surface area contributed by atoms with Gasteiger partial charge in [-0.25, -0.2) is 4.39 Å². The Hall–Kier alpha value is -1.97. The number of hydrogen-bond acceptors (Lipinski definition) is 2. The van der Waals surface area contributed by atoms with E-state index in [4.69, 9.17) is 0 Å². The summed E-state index contributed by atoms with van der Waals surface area (Å²) in [4.78, 5) is 15.9. The Labute approximate surface area is 104 Å². The van der Waals surface area contributed by atoms with Crippen LogP contribution in [-0.2, 0) is 0 Å². The van der Waals surface area contributed by atoms with Crippen LogP contribution in [0.25, 0.3) is 10.9 Å². The van der Waals surface area contributed by atoms with Gasteiger partial charge in [0.05, 0.1) is 11.1 Å². The molecule has 1 fully saturated rings. The number of rotatable bonds is 3. The average Bonchev–Trinajstić information content (AvgIpc) is 3.21. The summed E-state index contributed by atoms with van der Waals surface area (Å²) >= 11 is 0. The predicted molar refractivity (Wildman–Crippen MR) is 66.8 cm³/mol. The fourth-order valence-electron chi connectivity index (χ4n) is 1.95. The van der Waals surface area contributed by atoms with Crippen molar-refractivity contribution in [1.82, 2.24) is 10.3 Å². The molecule has 0 atom stereocenters. The number of nitrogens with one attached hydrogen (secondary N) is 1. The Bertz CT molecular complexity index is 608. The number of hydrogen-bond donors (Lipinski definition) is 1. The Morgan fingerprint density at radius 2 is 2.22 bits per heavy atom. The summed E-state index contributed by atoms with van der Waals surface area (Å²) in [7, 11) is 0. The maximum absolute atomic E-state index is 14.2. The van der Waals surface area contributed by atoms with Crippen molar-refractivity contribution in [3.05, 3.63) is 41.8 Å². The lowest BCUT2D eigenvalue weighted by Gasteiger charge is -2.07. The summed E-state index contributed by atoms with van der Waals surface area (Å²) in [6.07, 6.45) is 3.92. The maximum atomic E-state index is 14.2. The van der Waals surface area contributed by atoms with Crippen molar-refractivity contribution in [2.24, 2.45) is 5.92 Å². The summed E-state index contributed by atoms with van der Waals surface area (Å²) in [6, 6.07) is 6.46. The van der Waals surface area contributed by atoms with Crippen molar-refractivity contribution in [1.29, 1.82) is 0 Å². The number of benzene rings is 1. The van der Waals surface area contributed by atoms with Gasteiger partial charge in [-0.2, -0.15) is 0 Å². The lowest BCUT2D eigenvalue weighted by molar-refractivity contribution is 0.0948. The van der Waals surface area contributed by atoms with Gasteiger partial charge in [-0.3, -0.25) is 9.78 Å². The molecule has 1 aromatic carbocycles. The largest absolute Gasteiger partial charge is 0.352 e. The van der Waals surface area contributed by atoms with Gasteiger partial charge in [-0.1, -0.05) is 0 Å². The Balaban J connectivity index is 1.90. The van der Waals surface area contributed by atoms with Gasteiger partial charge in [0.2, 0.25) is 0 Å². The third-order valence-corrected chi connectivity index (χ3v) is 3.21. The van der Waals surface area contributed by atoms with Crippen LogP contribution in [0.2, 0.25) is 0 Å². The van der Waals surface area contributed by atoms with Crippen LogP contribution in [0, 0.1) is 11.7 Å². The van der Waals surface area contributed by atoms with Crippen molar-refractivity contribution in [3.63, 3.8) is 0 Å². The summed E-state index contributed by atoms with van der Waals surface area (Å²) in [5, 5.41) is 3.15. The average molecular weight is 244 g/mol. The summed E-state index contributed by atoms with van der Waals surface area (Å²) in [6.45, 7) is 0.642. The van der Waals surface area contributed by atoms with Gasteiger partial charge in [0.15, 0.2) is 0 Å². The zero-order valence-electron chi connectivity index (χ0n) is 9.82. The minimum Gasteiger partial charge on any atom is -0.352 e. The van der Waals surface area contributed by atoms with Crippen molar-refractivity contribution in [2.45, 2.75) is 12.8 Å². The van der Waals surface area contributed by atoms with Gasteiger partial charge < -0.3 is 5.32 Å². The molecular formula is C14H13FN2O. The number of nitrogens with zero attached hydrogens (tertiary/aromatic N) is 1. The molecule has 1 aliphatic carbocycles. The Morgan fingerprint density at radius 3 is 3.00 bits per heavy atom. The lowest BCUT2D eigenvalue weighted by Crippen LogP contribution is -2.26. The molecule has 1 saturated carbocycles. The zero-order valence-corrected chi connectivity index (χ0v) is 9.82. The molecule has 1 amide bonds. The molecule has 18 heavy (non-hydrogen) atoms. The molecule has 92 valence electrons. The lowest BCUT2D eigenvalue weighted by atomic mass is 10.1. The predicted octanol–water partition coefficient (Wildman–Crippen LogP) is 2.51. The van der Waals surface area contributed by atoms with E-state index in [1.807, 2.05) is 0 Å². The minimum atomic E-state index is -0.492. The van der Waals surface area contributed by atoms with E-state index in [2.05, 4.69) is 10.3 Å². The molecule has 0 saturated heterocycles. The number of amides is 1. The summed E-state index contributed by atoms with van der Waals surface area (Å²) < 4.78 is 14.2. The highest BCUT2D eigenvalue weighted by Gasteiger charge is 2.23. The first-order valence-corrected chi connectivity index (χ1v) is 6.07. The molecule has 4 heteroatoms. The first-order chi connectivity index (χ1) is 8.75. The molecule has 0 bridgehead atoms. The van der Waals surface area contributed by atoms with Crippen LogP contribution in [0.3, 0.4) is 0 Å². The molecule has 3 rings (SSSR count). The number of carbonyl (C=O) groups excluding carboxylic acids is 1. The van der Waals surface area contributed by atoms with Crippen molar-refractivity contribution in [2.75, 3.05) is 6.54 Å². The van der Waals surface area contributed by atoms with E-state index in [9.17, 15) is 9.18 Å². The first kappa shape index (κ1) is 11.1. The number of fused-ring (bicyclic) bond motifs is 1. The molecule has 0 aliphatic heterocycles. The van der Waals surface area contributed by atoms with E-state index in [0.717, 1.165) is 12.8 Å². The topological polar surface area (TPSA) is 42.0 Å². The Morgan fingerprint density at radius 1 is 1.39 bits per heavy atom. The summed E-state index contributed by atoms with van der Waals surface area (Å²) in [5.74, 6) is -0.252. The standard InChI is InChI=1S/C14H13FN2O/c15-13-10-2-1-7-16-12(10)6-5-11(13)14(18)17-8-9-3-4-9/h1-2,5-7,9H,3-4,8H2,(H,17,18).